The van der Waals surface area contributed by atoms with Gasteiger partial charge in [0.15, 0.2) is 0 Å². The van der Waals surface area contributed by atoms with Gasteiger partial charge in [0.25, 0.3) is 0 Å². The molecule has 26 heavy (non-hydrogen) atoms. The van der Waals surface area contributed by atoms with Crippen molar-refractivity contribution in [2.24, 2.45) is 0 Å². The second kappa shape index (κ2) is 6.93. The van der Waals surface area contributed by atoms with Gasteiger partial charge in [-0.3, -0.25) is 4.98 Å². The molecule has 136 valence electrons. The molecule has 0 aliphatic carbocycles. The van der Waals surface area contributed by atoms with Crippen LogP contribution in [0.1, 0.15) is 11.1 Å². The highest BCUT2D eigenvalue weighted by atomic mass is 32.2. The van der Waals surface area contributed by atoms with Gasteiger partial charge in [0, 0.05) is 24.5 Å². The van der Waals surface area contributed by atoms with E-state index in [0.29, 0.717) is 23.0 Å². The number of hydrogen-bond donors (Lipinski definition) is 1. The van der Waals surface area contributed by atoms with Gasteiger partial charge >= 0.3 is 6.18 Å². The minimum Gasteiger partial charge on any atom is -0.464 e. The molecule has 0 atom stereocenters. The number of halogens is 3. The Labute approximate surface area is 147 Å². The molecule has 2 heterocycles. The maximum Gasteiger partial charge on any atom is 0.416 e. The van der Waals surface area contributed by atoms with Crippen LogP contribution in [0, 0.1) is 0 Å². The molecular formula is C17H13F3N2O3S. The molecular weight excluding hydrogens is 369 g/mol. The van der Waals surface area contributed by atoms with Gasteiger partial charge in [-0.2, -0.15) is 13.2 Å². The van der Waals surface area contributed by atoms with Crippen LogP contribution >= 0.6 is 0 Å². The summed E-state index contributed by atoms with van der Waals surface area (Å²) in [6.07, 6.45) is -0.101. The highest BCUT2D eigenvalue weighted by Gasteiger charge is 2.31. The van der Waals surface area contributed by atoms with Gasteiger partial charge in [-0.05, 0) is 42.0 Å². The van der Waals surface area contributed by atoms with E-state index < -0.39 is 26.7 Å². The molecule has 5 nitrogen and oxygen atoms in total. The lowest BCUT2D eigenvalue weighted by molar-refractivity contribution is -0.137. The first-order chi connectivity index (χ1) is 12.3. The zero-order chi connectivity index (χ0) is 18.8. The quantitative estimate of drug-likeness (QED) is 0.728. The Morgan fingerprint density at radius 1 is 1.08 bits per heavy atom. The molecule has 0 spiro atoms. The van der Waals surface area contributed by atoms with Crippen LogP contribution in [0.2, 0.25) is 0 Å². The summed E-state index contributed by atoms with van der Waals surface area (Å²) in [5, 5.41) is 0. The molecule has 0 aliphatic rings. The summed E-state index contributed by atoms with van der Waals surface area (Å²) in [5.74, 6) is 0.570. The molecule has 0 saturated carbocycles. The van der Waals surface area contributed by atoms with E-state index in [2.05, 4.69) is 9.71 Å². The summed E-state index contributed by atoms with van der Waals surface area (Å²) in [4.78, 5) is 3.56. The monoisotopic (exact) mass is 382 g/mol. The smallest absolute Gasteiger partial charge is 0.416 e. The first-order valence-electron chi connectivity index (χ1n) is 7.40. The number of alkyl halides is 3. The maximum atomic E-state index is 12.8. The predicted molar refractivity (Wildman–Crippen MR) is 87.4 cm³/mol. The zero-order valence-corrected chi connectivity index (χ0v) is 14.0. The minimum atomic E-state index is -4.62. The van der Waals surface area contributed by atoms with Gasteiger partial charge in [0.2, 0.25) is 10.0 Å². The summed E-state index contributed by atoms with van der Waals surface area (Å²) < 4.78 is 70.3. The number of rotatable bonds is 5. The van der Waals surface area contributed by atoms with Gasteiger partial charge in [0.05, 0.1) is 16.7 Å². The summed E-state index contributed by atoms with van der Waals surface area (Å²) in [6.45, 7) is -0.125. The summed E-state index contributed by atoms with van der Waals surface area (Å²) >= 11 is 0. The van der Waals surface area contributed by atoms with Gasteiger partial charge in [0.1, 0.15) is 5.76 Å². The second-order valence-electron chi connectivity index (χ2n) is 5.41. The number of nitrogens with one attached hydrogen (secondary N) is 1. The van der Waals surface area contributed by atoms with Crippen molar-refractivity contribution in [2.45, 2.75) is 17.6 Å². The zero-order valence-electron chi connectivity index (χ0n) is 13.2. The Morgan fingerprint density at radius 3 is 2.58 bits per heavy atom. The number of sulfonamides is 1. The van der Waals surface area contributed by atoms with E-state index in [1.165, 1.54) is 12.5 Å². The third-order valence-electron chi connectivity index (χ3n) is 3.54. The van der Waals surface area contributed by atoms with Crippen molar-refractivity contribution in [1.29, 1.82) is 0 Å². The molecule has 2 aromatic heterocycles. The van der Waals surface area contributed by atoms with Crippen LogP contribution in [0.25, 0.3) is 11.3 Å². The second-order valence-corrected chi connectivity index (χ2v) is 7.18. The highest BCUT2D eigenvalue weighted by Crippen LogP contribution is 2.30. The molecule has 1 N–H and O–H groups in total. The Balaban J connectivity index is 1.78. The van der Waals surface area contributed by atoms with E-state index in [4.69, 9.17) is 4.42 Å². The van der Waals surface area contributed by atoms with Crippen molar-refractivity contribution in [3.8, 4) is 11.3 Å². The van der Waals surface area contributed by atoms with Crippen LogP contribution in [-0.4, -0.2) is 13.4 Å². The molecule has 0 bridgehead atoms. The number of nitrogens with zero attached hydrogens (tertiary/aromatic N) is 1. The standard InChI is InChI=1S/C17H13F3N2O3S/c18-17(19,20)14-3-1-4-15(8-14)26(23,24)22-10-12-7-13(11-21-9-12)16-5-2-6-25-16/h1-9,11,22H,10H2. The SMILES string of the molecule is O=S(=O)(NCc1cncc(-c2ccco2)c1)c1cccc(C(F)(F)F)c1. The number of pyridine rings is 1. The van der Waals surface area contributed by atoms with Gasteiger partial charge in [-0.1, -0.05) is 6.07 Å². The lowest BCUT2D eigenvalue weighted by Gasteiger charge is -2.10. The molecule has 0 radical (unpaired) electrons. The molecule has 0 fully saturated rings. The minimum absolute atomic E-state index is 0.125. The number of aromatic nitrogens is 1. The van der Waals surface area contributed by atoms with Crippen LogP contribution in [0.5, 0.6) is 0 Å². The molecule has 0 saturated heterocycles. The first kappa shape index (κ1) is 18.2. The number of furan rings is 1. The van der Waals surface area contributed by atoms with E-state index >= 15 is 0 Å². The van der Waals surface area contributed by atoms with Gasteiger partial charge in [-0.15, -0.1) is 0 Å². The molecule has 9 heteroatoms. The lowest BCUT2D eigenvalue weighted by atomic mass is 10.2. The predicted octanol–water partition coefficient (Wildman–Crippen LogP) is 3.84. The van der Waals surface area contributed by atoms with Crippen molar-refractivity contribution in [3.05, 3.63) is 72.2 Å². The Bertz CT molecular complexity index is 1000. The summed E-state index contributed by atoms with van der Waals surface area (Å²) in [6, 6.07) is 8.69. The van der Waals surface area contributed by atoms with Crippen LogP contribution < -0.4 is 4.72 Å². The average Bonchev–Trinajstić information content (AvgIpc) is 3.14. The Morgan fingerprint density at radius 2 is 1.88 bits per heavy atom. The van der Waals surface area contributed by atoms with Crippen LogP contribution in [0.3, 0.4) is 0 Å². The van der Waals surface area contributed by atoms with E-state index in [1.807, 2.05) is 0 Å². The van der Waals surface area contributed by atoms with E-state index in [9.17, 15) is 21.6 Å². The summed E-state index contributed by atoms with van der Waals surface area (Å²) in [7, 11) is -4.11. The average molecular weight is 382 g/mol. The molecule has 3 rings (SSSR count). The van der Waals surface area contributed by atoms with Crippen LogP contribution in [0.15, 0.2) is 70.4 Å². The fourth-order valence-electron chi connectivity index (χ4n) is 2.26. The molecule has 0 aliphatic heterocycles. The van der Waals surface area contributed by atoms with Crippen LogP contribution in [0.4, 0.5) is 13.2 Å². The highest BCUT2D eigenvalue weighted by molar-refractivity contribution is 7.89. The van der Waals surface area contributed by atoms with Crippen molar-refractivity contribution in [2.75, 3.05) is 0 Å². The summed E-state index contributed by atoms with van der Waals surface area (Å²) in [5.41, 5.74) is 0.169. The van der Waals surface area contributed by atoms with Crippen molar-refractivity contribution < 1.29 is 26.0 Å². The number of benzene rings is 1. The lowest BCUT2D eigenvalue weighted by Crippen LogP contribution is -2.23. The Kier molecular flexibility index (Phi) is 4.84. The van der Waals surface area contributed by atoms with Crippen LogP contribution in [-0.2, 0) is 22.7 Å². The van der Waals surface area contributed by atoms with Crippen molar-refractivity contribution >= 4 is 10.0 Å². The Hall–Kier alpha value is -2.65. The maximum absolute atomic E-state index is 12.8. The van der Waals surface area contributed by atoms with Crippen molar-refractivity contribution in [3.63, 3.8) is 0 Å². The molecule has 3 aromatic rings. The first-order valence-corrected chi connectivity index (χ1v) is 8.89. The largest absolute Gasteiger partial charge is 0.464 e. The van der Waals surface area contributed by atoms with Gasteiger partial charge in [-0.25, -0.2) is 13.1 Å². The fourth-order valence-corrected chi connectivity index (χ4v) is 3.33. The molecule has 0 unspecified atom stereocenters. The fraction of sp³-hybridized carbons (Fsp3) is 0.118. The third kappa shape index (κ3) is 4.12. The van der Waals surface area contributed by atoms with Gasteiger partial charge < -0.3 is 4.42 Å². The van der Waals surface area contributed by atoms with E-state index in [0.717, 1.165) is 18.2 Å². The molecule has 0 amide bonds. The molecule has 1 aromatic carbocycles. The normalized spacial score (nSPS) is 12.3. The number of hydrogen-bond acceptors (Lipinski definition) is 4. The van der Waals surface area contributed by atoms with E-state index in [1.54, 1.807) is 24.4 Å². The third-order valence-corrected chi connectivity index (χ3v) is 4.94. The topological polar surface area (TPSA) is 72.2 Å². The van der Waals surface area contributed by atoms with E-state index in [-0.39, 0.29) is 6.54 Å². The van der Waals surface area contributed by atoms with Crippen molar-refractivity contribution in [1.82, 2.24) is 9.71 Å².